The van der Waals surface area contributed by atoms with Crippen LogP contribution < -0.4 is 19.5 Å². The van der Waals surface area contributed by atoms with Crippen molar-refractivity contribution >= 4 is 11.6 Å². The van der Waals surface area contributed by atoms with E-state index < -0.39 is 6.10 Å². The Morgan fingerprint density at radius 3 is 2.14 bits per heavy atom. The molecule has 0 heterocycles. The van der Waals surface area contributed by atoms with Crippen molar-refractivity contribution in [3.8, 4) is 23.0 Å². The van der Waals surface area contributed by atoms with Crippen LogP contribution in [0.3, 0.4) is 0 Å². The number of hydrogen-bond donors (Lipinski definition) is 1. The quantitative estimate of drug-likeness (QED) is 0.580. The van der Waals surface area contributed by atoms with Gasteiger partial charge in [0.1, 0.15) is 5.75 Å². The summed E-state index contributed by atoms with van der Waals surface area (Å²) >= 11 is 0. The van der Waals surface area contributed by atoms with Crippen molar-refractivity contribution in [2.45, 2.75) is 19.4 Å². The van der Waals surface area contributed by atoms with Crippen molar-refractivity contribution in [3.05, 3.63) is 78.9 Å². The van der Waals surface area contributed by atoms with Crippen LogP contribution in [0.5, 0.6) is 23.0 Å². The Morgan fingerprint density at radius 1 is 0.857 bits per heavy atom. The normalized spacial score (nSPS) is 11.4. The number of rotatable bonds is 8. The number of carbonyl (C=O) groups excluding carboxylic acids is 1. The molecule has 28 heavy (non-hydrogen) atoms. The third-order valence-corrected chi connectivity index (χ3v) is 4.12. The van der Waals surface area contributed by atoms with Crippen LogP contribution in [0.25, 0.3) is 0 Å². The lowest BCUT2D eigenvalue weighted by molar-refractivity contribution is -0.122. The second-order valence-corrected chi connectivity index (χ2v) is 6.07. The third-order valence-electron chi connectivity index (χ3n) is 4.12. The monoisotopic (exact) mass is 377 g/mol. The largest absolute Gasteiger partial charge is 0.493 e. The first kappa shape index (κ1) is 19.3. The van der Waals surface area contributed by atoms with E-state index in [1.54, 1.807) is 25.3 Å². The zero-order chi connectivity index (χ0) is 19.8. The smallest absolute Gasteiger partial charge is 0.265 e. The summed E-state index contributed by atoms with van der Waals surface area (Å²) in [5.74, 6) is 2.12. The van der Waals surface area contributed by atoms with Gasteiger partial charge in [0.2, 0.25) is 0 Å². The predicted octanol–water partition coefficient (Wildman–Crippen LogP) is 5.28. The van der Waals surface area contributed by atoms with Crippen molar-refractivity contribution in [2.24, 2.45) is 0 Å². The minimum Gasteiger partial charge on any atom is -0.493 e. The SMILES string of the molecule is CC[C@@H](Oc1ccccc1OC)C(=O)Nc1ccccc1Oc1ccccc1. The number of amides is 1. The van der Waals surface area contributed by atoms with Gasteiger partial charge < -0.3 is 19.5 Å². The van der Waals surface area contributed by atoms with E-state index >= 15 is 0 Å². The maximum atomic E-state index is 12.8. The van der Waals surface area contributed by atoms with E-state index in [0.29, 0.717) is 35.1 Å². The van der Waals surface area contributed by atoms with Gasteiger partial charge in [-0.1, -0.05) is 49.4 Å². The zero-order valence-electron chi connectivity index (χ0n) is 15.9. The Morgan fingerprint density at radius 2 is 1.46 bits per heavy atom. The summed E-state index contributed by atoms with van der Waals surface area (Å²) < 4.78 is 17.1. The zero-order valence-corrected chi connectivity index (χ0v) is 15.9. The lowest BCUT2D eigenvalue weighted by Crippen LogP contribution is -2.32. The van der Waals surface area contributed by atoms with Crippen molar-refractivity contribution in [1.82, 2.24) is 0 Å². The summed E-state index contributed by atoms with van der Waals surface area (Å²) in [6, 6.07) is 24.0. The molecule has 1 atom stereocenters. The van der Waals surface area contributed by atoms with E-state index in [0.717, 1.165) is 0 Å². The number of benzene rings is 3. The second-order valence-electron chi connectivity index (χ2n) is 6.07. The van der Waals surface area contributed by atoms with Crippen molar-refractivity contribution in [2.75, 3.05) is 12.4 Å². The van der Waals surface area contributed by atoms with Crippen LogP contribution in [0.2, 0.25) is 0 Å². The van der Waals surface area contributed by atoms with E-state index in [9.17, 15) is 4.79 Å². The second kappa shape index (κ2) is 9.46. The number of nitrogens with one attached hydrogen (secondary N) is 1. The molecular formula is C23H23NO4. The van der Waals surface area contributed by atoms with E-state index in [4.69, 9.17) is 14.2 Å². The van der Waals surface area contributed by atoms with Crippen LogP contribution in [0.4, 0.5) is 5.69 Å². The molecule has 3 aromatic rings. The molecule has 1 N–H and O–H groups in total. The molecule has 144 valence electrons. The molecule has 0 aliphatic rings. The number of carbonyl (C=O) groups is 1. The Bertz CT molecular complexity index is 911. The Labute approximate surface area is 164 Å². The van der Waals surface area contributed by atoms with Gasteiger partial charge in [0.25, 0.3) is 5.91 Å². The van der Waals surface area contributed by atoms with Gasteiger partial charge in [-0.3, -0.25) is 4.79 Å². The van der Waals surface area contributed by atoms with E-state index in [1.165, 1.54) is 0 Å². The fourth-order valence-corrected chi connectivity index (χ4v) is 2.68. The molecule has 5 nitrogen and oxygen atoms in total. The van der Waals surface area contributed by atoms with Crippen molar-refractivity contribution in [1.29, 1.82) is 0 Å². The first-order chi connectivity index (χ1) is 13.7. The molecule has 0 aliphatic heterocycles. The molecule has 5 heteroatoms. The highest BCUT2D eigenvalue weighted by atomic mass is 16.5. The number of para-hydroxylation sites is 5. The van der Waals surface area contributed by atoms with E-state index in [2.05, 4.69) is 5.32 Å². The Kier molecular flexibility index (Phi) is 6.52. The van der Waals surface area contributed by atoms with Gasteiger partial charge in [0.05, 0.1) is 12.8 Å². The highest BCUT2D eigenvalue weighted by molar-refractivity contribution is 5.95. The maximum absolute atomic E-state index is 12.8. The number of anilines is 1. The maximum Gasteiger partial charge on any atom is 0.265 e. The summed E-state index contributed by atoms with van der Waals surface area (Å²) in [6.45, 7) is 1.89. The molecule has 0 aromatic heterocycles. The van der Waals surface area contributed by atoms with E-state index in [-0.39, 0.29) is 5.91 Å². The van der Waals surface area contributed by atoms with Crippen LogP contribution in [0.15, 0.2) is 78.9 Å². The molecule has 3 rings (SSSR count). The topological polar surface area (TPSA) is 56.8 Å². The average molecular weight is 377 g/mol. The Hall–Kier alpha value is -3.47. The molecule has 0 fully saturated rings. The average Bonchev–Trinajstić information content (AvgIpc) is 2.74. The molecule has 0 bridgehead atoms. The van der Waals surface area contributed by atoms with Gasteiger partial charge >= 0.3 is 0 Å². The van der Waals surface area contributed by atoms with Gasteiger partial charge in [0, 0.05) is 0 Å². The summed E-state index contributed by atoms with van der Waals surface area (Å²) in [6.07, 6.45) is -0.160. The van der Waals surface area contributed by atoms with Crippen molar-refractivity contribution < 1.29 is 19.0 Å². The first-order valence-electron chi connectivity index (χ1n) is 9.13. The minimum absolute atomic E-state index is 0.252. The number of hydrogen-bond acceptors (Lipinski definition) is 4. The van der Waals surface area contributed by atoms with Crippen LogP contribution in [0.1, 0.15) is 13.3 Å². The van der Waals surface area contributed by atoms with Gasteiger partial charge in [-0.2, -0.15) is 0 Å². The summed E-state index contributed by atoms with van der Waals surface area (Å²) in [5.41, 5.74) is 0.582. The van der Waals surface area contributed by atoms with Gasteiger partial charge in [-0.05, 0) is 42.8 Å². The minimum atomic E-state index is -0.666. The highest BCUT2D eigenvalue weighted by Crippen LogP contribution is 2.30. The third kappa shape index (κ3) is 4.82. The predicted molar refractivity (Wildman–Crippen MR) is 109 cm³/mol. The molecule has 3 aromatic carbocycles. The first-order valence-corrected chi connectivity index (χ1v) is 9.13. The standard InChI is InChI=1S/C23H23NO4/c1-3-19(28-22-16-10-9-15-21(22)26-2)23(25)24-18-13-7-8-14-20(18)27-17-11-5-4-6-12-17/h4-16,19H,3H2,1-2H3,(H,24,25)/t19-/m1/s1. The highest BCUT2D eigenvalue weighted by Gasteiger charge is 2.21. The number of methoxy groups -OCH3 is 1. The van der Waals surface area contributed by atoms with E-state index in [1.807, 2.05) is 67.6 Å². The molecule has 0 aliphatic carbocycles. The fraction of sp³-hybridized carbons (Fsp3) is 0.174. The van der Waals surface area contributed by atoms with Crippen molar-refractivity contribution in [3.63, 3.8) is 0 Å². The van der Waals surface area contributed by atoms with Crippen LogP contribution >= 0.6 is 0 Å². The fourth-order valence-electron chi connectivity index (χ4n) is 2.68. The molecule has 0 radical (unpaired) electrons. The molecule has 0 saturated carbocycles. The number of ether oxygens (including phenoxy) is 3. The lowest BCUT2D eigenvalue weighted by atomic mass is 10.2. The molecule has 0 saturated heterocycles. The van der Waals surface area contributed by atoms with Gasteiger partial charge in [0.15, 0.2) is 23.4 Å². The van der Waals surface area contributed by atoms with Gasteiger partial charge in [-0.15, -0.1) is 0 Å². The van der Waals surface area contributed by atoms with Crippen LogP contribution in [-0.4, -0.2) is 19.1 Å². The van der Waals surface area contributed by atoms with Gasteiger partial charge in [-0.25, -0.2) is 0 Å². The lowest BCUT2D eigenvalue weighted by Gasteiger charge is -2.19. The molecular weight excluding hydrogens is 354 g/mol. The van der Waals surface area contributed by atoms with Crippen LogP contribution in [-0.2, 0) is 4.79 Å². The summed E-state index contributed by atoms with van der Waals surface area (Å²) in [4.78, 5) is 12.8. The molecule has 0 spiro atoms. The Balaban J connectivity index is 1.74. The summed E-state index contributed by atoms with van der Waals surface area (Å²) in [5, 5.41) is 2.91. The molecule has 1 amide bonds. The van der Waals surface area contributed by atoms with Crippen LogP contribution in [0, 0.1) is 0 Å². The molecule has 0 unspecified atom stereocenters. The summed E-state index contributed by atoms with van der Waals surface area (Å²) in [7, 11) is 1.57.